The zero-order valence-corrected chi connectivity index (χ0v) is 10.8. The topological polar surface area (TPSA) is 44.1 Å². The maximum absolute atomic E-state index is 12.0. The zero-order valence-electron chi connectivity index (χ0n) is 10.8. The summed E-state index contributed by atoms with van der Waals surface area (Å²) in [6, 6.07) is 5.89. The van der Waals surface area contributed by atoms with Crippen LogP contribution in [-0.2, 0) is 0 Å². The van der Waals surface area contributed by atoms with Gasteiger partial charge >= 0.3 is 0 Å². The number of imidazole rings is 1. The van der Waals surface area contributed by atoms with Gasteiger partial charge in [0.05, 0.1) is 0 Å². The minimum absolute atomic E-state index is 0.132. The summed E-state index contributed by atoms with van der Waals surface area (Å²) in [6.07, 6.45) is 4.12. The number of ether oxygens (including phenoxy) is 1. The Kier molecular flexibility index (Phi) is 3.46. The molecule has 0 bridgehead atoms. The Hall–Kier alpha value is -2.10. The summed E-state index contributed by atoms with van der Waals surface area (Å²) in [6.45, 7) is 5.73. The van der Waals surface area contributed by atoms with Crippen molar-refractivity contribution in [2.24, 2.45) is 0 Å². The van der Waals surface area contributed by atoms with Gasteiger partial charge < -0.3 is 4.74 Å². The van der Waals surface area contributed by atoms with E-state index in [0.29, 0.717) is 0 Å². The maximum atomic E-state index is 12.0. The molecule has 0 aliphatic rings. The Bertz CT molecular complexity index is 547. The normalized spacial score (nSPS) is 12.2. The fourth-order valence-corrected chi connectivity index (χ4v) is 1.77. The number of aromatic nitrogens is 2. The molecule has 18 heavy (non-hydrogen) atoms. The number of benzene rings is 1. The molecule has 0 aliphatic carbocycles. The van der Waals surface area contributed by atoms with E-state index < -0.39 is 6.10 Å². The minimum Gasteiger partial charge on any atom is -0.481 e. The van der Waals surface area contributed by atoms with Gasteiger partial charge in [-0.3, -0.25) is 9.36 Å². The first-order valence-corrected chi connectivity index (χ1v) is 5.84. The molecule has 1 aromatic heterocycles. The second-order valence-corrected chi connectivity index (χ2v) is 4.34. The van der Waals surface area contributed by atoms with Crippen LogP contribution in [0.5, 0.6) is 5.75 Å². The molecular formula is C14H16N2O2. The molecule has 94 valence electrons. The molecule has 1 aromatic carbocycles. The molecule has 2 rings (SSSR count). The van der Waals surface area contributed by atoms with Crippen LogP contribution < -0.4 is 4.74 Å². The standard InChI is InChI=1S/C14H16N2O2/c1-10-4-5-13(11(2)8-10)18-12(3)14(17)16-7-6-15-9-16/h4-9,12H,1-3H3. The molecule has 0 saturated heterocycles. The van der Waals surface area contributed by atoms with E-state index in [1.807, 2.05) is 32.0 Å². The lowest BCUT2D eigenvalue weighted by atomic mass is 10.1. The van der Waals surface area contributed by atoms with Crippen molar-refractivity contribution in [1.29, 1.82) is 0 Å². The Morgan fingerprint density at radius 3 is 2.78 bits per heavy atom. The molecule has 0 fully saturated rings. The third-order valence-electron chi connectivity index (χ3n) is 2.74. The Morgan fingerprint density at radius 2 is 2.17 bits per heavy atom. The minimum atomic E-state index is -0.541. The van der Waals surface area contributed by atoms with Gasteiger partial charge in [-0.15, -0.1) is 0 Å². The van der Waals surface area contributed by atoms with Crippen molar-refractivity contribution in [3.05, 3.63) is 48.0 Å². The number of carbonyl (C=O) groups excluding carboxylic acids is 1. The summed E-state index contributed by atoms with van der Waals surface area (Å²) >= 11 is 0. The number of hydrogen-bond acceptors (Lipinski definition) is 3. The summed E-state index contributed by atoms with van der Waals surface area (Å²) in [5, 5.41) is 0. The van der Waals surface area contributed by atoms with Gasteiger partial charge in [-0.05, 0) is 32.4 Å². The predicted octanol–water partition coefficient (Wildman–Crippen LogP) is 2.61. The lowest BCUT2D eigenvalue weighted by Crippen LogP contribution is -2.28. The molecule has 0 radical (unpaired) electrons. The molecule has 1 heterocycles. The van der Waals surface area contributed by atoms with Crippen LogP contribution in [0.3, 0.4) is 0 Å². The second-order valence-electron chi connectivity index (χ2n) is 4.34. The largest absolute Gasteiger partial charge is 0.481 e. The average Bonchev–Trinajstić information content (AvgIpc) is 2.85. The van der Waals surface area contributed by atoms with Crippen molar-refractivity contribution in [2.75, 3.05) is 0 Å². The van der Waals surface area contributed by atoms with E-state index in [4.69, 9.17) is 4.74 Å². The molecule has 2 aromatic rings. The monoisotopic (exact) mass is 244 g/mol. The summed E-state index contributed by atoms with van der Waals surface area (Å²) in [4.78, 5) is 15.8. The summed E-state index contributed by atoms with van der Waals surface area (Å²) < 4.78 is 7.11. The van der Waals surface area contributed by atoms with Crippen LogP contribution in [-0.4, -0.2) is 21.6 Å². The molecule has 4 heteroatoms. The highest BCUT2D eigenvalue weighted by Crippen LogP contribution is 2.20. The van der Waals surface area contributed by atoms with Crippen molar-refractivity contribution < 1.29 is 9.53 Å². The van der Waals surface area contributed by atoms with Gasteiger partial charge in [0.15, 0.2) is 6.10 Å². The highest BCUT2D eigenvalue weighted by molar-refractivity contribution is 5.83. The summed E-state index contributed by atoms with van der Waals surface area (Å²) in [5.41, 5.74) is 2.20. The third kappa shape index (κ3) is 2.59. The van der Waals surface area contributed by atoms with E-state index in [1.54, 1.807) is 19.3 Å². The fraction of sp³-hybridized carbons (Fsp3) is 0.286. The van der Waals surface area contributed by atoms with Gasteiger partial charge in [-0.2, -0.15) is 0 Å². The first-order valence-electron chi connectivity index (χ1n) is 5.84. The van der Waals surface area contributed by atoms with E-state index in [9.17, 15) is 4.79 Å². The first kappa shape index (κ1) is 12.4. The average molecular weight is 244 g/mol. The summed E-state index contributed by atoms with van der Waals surface area (Å²) in [7, 11) is 0. The van der Waals surface area contributed by atoms with Crippen LogP contribution in [0.1, 0.15) is 22.8 Å². The van der Waals surface area contributed by atoms with E-state index in [2.05, 4.69) is 4.98 Å². The molecular weight excluding hydrogens is 228 g/mol. The molecule has 0 N–H and O–H groups in total. The molecule has 0 aliphatic heterocycles. The van der Waals surface area contributed by atoms with Crippen molar-refractivity contribution in [3.8, 4) is 5.75 Å². The van der Waals surface area contributed by atoms with Crippen molar-refractivity contribution in [2.45, 2.75) is 26.9 Å². The maximum Gasteiger partial charge on any atom is 0.272 e. The number of nitrogens with zero attached hydrogens (tertiary/aromatic N) is 2. The van der Waals surface area contributed by atoms with E-state index in [-0.39, 0.29) is 5.91 Å². The van der Waals surface area contributed by atoms with Crippen LogP contribution >= 0.6 is 0 Å². The Morgan fingerprint density at radius 1 is 1.39 bits per heavy atom. The van der Waals surface area contributed by atoms with Crippen molar-refractivity contribution in [3.63, 3.8) is 0 Å². The highest BCUT2D eigenvalue weighted by Gasteiger charge is 2.17. The van der Waals surface area contributed by atoms with Gasteiger partial charge in [0.1, 0.15) is 12.1 Å². The van der Waals surface area contributed by atoms with Gasteiger partial charge in [-0.1, -0.05) is 17.7 Å². The quantitative estimate of drug-likeness (QED) is 0.833. The summed E-state index contributed by atoms with van der Waals surface area (Å²) in [5.74, 6) is 0.606. The van der Waals surface area contributed by atoms with Crippen LogP contribution in [0.4, 0.5) is 0 Å². The SMILES string of the molecule is Cc1ccc(OC(C)C(=O)n2ccnc2)c(C)c1. The Balaban J connectivity index is 2.11. The number of hydrogen-bond donors (Lipinski definition) is 0. The van der Waals surface area contributed by atoms with E-state index in [0.717, 1.165) is 11.3 Å². The van der Waals surface area contributed by atoms with Crippen LogP contribution in [0, 0.1) is 13.8 Å². The van der Waals surface area contributed by atoms with Gasteiger partial charge in [0.2, 0.25) is 0 Å². The number of carbonyl (C=O) groups is 1. The Labute approximate surface area is 106 Å². The molecule has 0 amide bonds. The van der Waals surface area contributed by atoms with Gasteiger partial charge in [0.25, 0.3) is 5.91 Å². The van der Waals surface area contributed by atoms with Crippen LogP contribution in [0.15, 0.2) is 36.9 Å². The van der Waals surface area contributed by atoms with Crippen molar-refractivity contribution in [1.82, 2.24) is 9.55 Å². The molecule has 1 unspecified atom stereocenters. The molecule has 1 atom stereocenters. The second kappa shape index (κ2) is 5.04. The lowest BCUT2D eigenvalue weighted by Gasteiger charge is -2.15. The molecule has 0 spiro atoms. The fourth-order valence-electron chi connectivity index (χ4n) is 1.77. The first-order chi connectivity index (χ1) is 8.58. The van der Waals surface area contributed by atoms with Crippen LogP contribution in [0.2, 0.25) is 0 Å². The van der Waals surface area contributed by atoms with E-state index in [1.165, 1.54) is 16.5 Å². The van der Waals surface area contributed by atoms with E-state index >= 15 is 0 Å². The zero-order chi connectivity index (χ0) is 13.1. The lowest BCUT2D eigenvalue weighted by molar-refractivity contribution is 0.0726. The van der Waals surface area contributed by atoms with Crippen molar-refractivity contribution >= 4 is 5.91 Å². The molecule has 4 nitrogen and oxygen atoms in total. The highest BCUT2D eigenvalue weighted by atomic mass is 16.5. The third-order valence-corrected chi connectivity index (χ3v) is 2.74. The molecule has 0 saturated carbocycles. The van der Waals surface area contributed by atoms with Gasteiger partial charge in [-0.25, -0.2) is 4.98 Å². The number of rotatable bonds is 3. The van der Waals surface area contributed by atoms with Gasteiger partial charge in [0, 0.05) is 12.4 Å². The smallest absolute Gasteiger partial charge is 0.272 e. The number of aryl methyl sites for hydroxylation is 2. The van der Waals surface area contributed by atoms with Crippen LogP contribution in [0.25, 0.3) is 0 Å². The predicted molar refractivity (Wildman–Crippen MR) is 68.9 cm³/mol.